The number of aryl methyl sites for hydroxylation is 1. The topological polar surface area (TPSA) is 74.5 Å². The van der Waals surface area contributed by atoms with E-state index in [9.17, 15) is 5.11 Å². The Kier molecular flexibility index (Phi) is 9.18. The lowest BCUT2D eigenvalue weighted by Crippen LogP contribution is -2.40. The maximum Gasteiger partial charge on any atom is 0.191 e. The summed E-state index contributed by atoms with van der Waals surface area (Å²) in [4.78, 5) is 4.51. The summed E-state index contributed by atoms with van der Waals surface area (Å²) >= 11 is 1.80. The van der Waals surface area contributed by atoms with E-state index in [2.05, 4.69) is 20.7 Å². The fourth-order valence-corrected chi connectivity index (χ4v) is 3.45. The molecule has 1 aliphatic heterocycles. The number of thioether (sulfide) groups is 1. The molecule has 1 aliphatic rings. The quantitative estimate of drug-likeness (QED) is 0.259. The molecular weight excluding hydrogens is 413 g/mol. The Labute approximate surface area is 153 Å². The Morgan fingerprint density at radius 1 is 1.50 bits per heavy atom. The Hall–Kier alpha value is -0.480. The zero-order chi connectivity index (χ0) is 15.0. The van der Waals surface area contributed by atoms with Crippen molar-refractivity contribution in [2.24, 2.45) is 4.99 Å². The number of halogens is 1. The van der Waals surface area contributed by atoms with Gasteiger partial charge in [0.05, 0.1) is 12.1 Å². The molecule has 1 aromatic heterocycles. The highest BCUT2D eigenvalue weighted by molar-refractivity contribution is 14.0. The Morgan fingerprint density at radius 3 is 3.00 bits per heavy atom. The molecule has 0 spiro atoms. The number of rotatable bonds is 7. The fourth-order valence-electron chi connectivity index (χ4n) is 2.17. The van der Waals surface area contributed by atoms with Gasteiger partial charge in [0.2, 0.25) is 0 Å². The average Bonchev–Trinajstić information content (AvgIpc) is 3.13. The molecule has 126 valence electrons. The van der Waals surface area contributed by atoms with Gasteiger partial charge in [0, 0.05) is 37.8 Å². The largest absolute Gasteiger partial charge is 0.387 e. The first-order valence-electron chi connectivity index (χ1n) is 7.51. The van der Waals surface area contributed by atoms with Gasteiger partial charge in [0.15, 0.2) is 5.96 Å². The zero-order valence-corrected chi connectivity index (χ0v) is 16.1. The number of guanidine groups is 1. The first-order chi connectivity index (χ1) is 10.2. The highest BCUT2D eigenvalue weighted by atomic mass is 127. The van der Waals surface area contributed by atoms with E-state index in [1.165, 1.54) is 0 Å². The van der Waals surface area contributed by atoms with Crippen LogP contribution in [-0.2, 0) is 6.54 Å². The third-order valence-electron chi connectivity index (χ3n) is 3.37. The molecule has 3 N–H and O–H groups in total. The summed E-state index contributed by atoms with van der Waals surface area (Å²) in [5.41, 5.74) is -0.623. The summed E-state index contributed by atoms with van der Waals surface area (Å²) in [5, 5.41) is 21.0. The minimum Gasteiger partial charge on any atom is -0.387 e. The first kappa shape index (κ1) is 19.6. The SMILES string of the molecule is CCNC(=NCC1(O)CCSC1)NCCCn1cccn1.I. The predicted molar refractivity (Wildman–Crippen MR) is 103 cm³/mol. The van der Waals surface area contributed by atoms with Crippen molar-refractivity contribution in [1.29, 1.82) is 0 Å². The van der Waals surface area contributed by atoms with Crippen LogP contribution in [0.15, 0.2) is 23.5 Å². The highest BCUT2D eigenvalue weighted by Gasteiger charge is 2.31. The van der Waals surface area contributed by atoms with Gasteiger partial charge in [-0.3, -0.25) is 9.67 Å². The second kappa shape index (κ2) is 10.3. The maximum absolute atomic E-state index is 10.3. The molecule has 1 unspecified atom stereocenters. The molecular formula is C14H26IN5OS. The Bertz CT molecular complexity index is 434. The van der Waals surface area contributed by atoms with Gasteiger partial charge in [-0.2, -0.15) is 16.9 Å². The summed E-state index contributed by atoms with van der Waals surface area (Å²) in [6.45, 7) is 5.05. The van der Waals surface area contributed by atoms with Crippen LogP contribution in [0.25, 0.3) is 0 Å². The van der Waals surface area contributed by atoms with Crippen molar-refractivity contribution in [3.8, 4) is 0 Å². The van der Waals surface area contributed by atoms with Gasteiger partial charge in [0.1, 0.15) is 0 Å². The van der Waals surface area contributed by atoms with E-state index >= 15 is 0 Å². The molecule has 0 aromatic carbocycles. The summed E-state index contributed by atoms with van der Waals surface area (Å²) < 4.78 is 1.92. The second-order valence-corrected chi connectivity index (χ2v) is 6.38. The Morgan fingerprint density at radius 2 is 2.36 bits per heavy atom. The van der Waals surface area contributed by atoms with E-state index in [-0.39, 0.29) is 24.0 Å². The van der Waals surface area contributed by atoms with Gasteiger partial charge in [-0.1, -0.05) is 0 Å². The monoisotopic (exact) mass is 439 g/mol. The van der Waals surface area contributed by atoms with E-state index in [1.54, 1.807) is 18.0 Å². The smallest absolute Gasteiger partial charge is 0.191 e. The average molecular weight is 439 g/mol. The van der Waals surface area contributed by atoms with Crippen molar-refractivity contribution in [1.82, 2.24) is 20.4 Å². The summed E-state index contributed by atoms with van der Waals surface area (Å²) in [6, 6.07) is 1.93. The normalized spacial score (nSPS) is 21.5. The number of nitrogens with one attached hydrogen (secondary N) is 2. The molecule has 1 fully saturated rings. The summed E-state index contributed by atoms with van der Waals surface area (Å²) in [5.74, 6) is 2.60. The van der Waals surface area contributed by atoms with Crippen LogP contribution in [0, 0.1) is 0 Å². The van der Waals surface area contributed by atoms with Crippen molar-refractivity contribution in [3.05, 3.63) is 18.5 Å². The van der Waals surface area contributed by atoms with E-state index in [0.29, 0.717) is 6.54 Å². The third-order valence-corrected chi connectivity index (χ3v) is 4.61. The molecule has 8 heteroatoms. The van der Waals surface area contributed by atoms with Gasteiger partial charge >= 0.3 is 0 Å². The molecule has 0 bridgehead atoms. The van der Waals surface area contributed by atoms with Crippen LogP contribution < -0.4 is 10.6 Å². The Balaban J connectivity index is 0.00000242. The molecule has 1 atom stereocenters. The van der Waals surface area contributed by atoms with Gasteiger partial charge in [-0.15, -0.1) is 24.0 Å². The van der Waals surface area contributed by atoms with Crippen molar-refractivity contribution in [2.45, 2.75) is 31.9 Å². The molecule has 0 aliphatic carbocycles. The summed E-state index contributed by atoms with van der Waals surface area (Å²) in [6.07, 6.45) is 5.57. The fraction of sp³-hybridized carbons (Fsp3) is 0.714. The molecule has 0 radical (unpaired) electrons. The molecule has 2 rings (SSSR count). The zero-order valence-electron chi connectivity index (χ0n) is 13.0. The van der Waals surface area contributed by atoms with Gasteiger partial charge in [-0.05, 0) is 31.6 Å². The number of aliphatic hydroxyl groups is 1. The van der Waals surface area contributed by atoms with Gasteiger partial charge in [-0.25, -0.2) is 0 Å². The van der Waals surface area contributed by atoms with Crippen LogP contribution in [0.5, 0.6) is 0 Å². The predicted octanol–water partition coefficient (Wildman–Crippen LogP) is 1.31. The third kappa shape index (κ3) is 6.74. The van der Waals surface area contributed by atoms with E-state index in [1.807, 2.05) is 23.9 Å². The van der Waals surface area contributed by atoms with E-state index < -0.39 is 5.60 Å². The van der Waals surface area contributed by atoms with Gasteiger partial charge < -0.3 is 15.7 Å². The van der Waals surface area contributed by atoms with Crippen molar-refractivity contribution in [3.63, 3.8) is 0 Å². The van der Waals surface area contributed by atoms with Gasteiger partial charge in [0.25, 0.3) is 0 Å². The lowest BCUT2D eigenvalue weighted by molar-refractivity contribution is 0.0778. The lowest BCUT2D eigenvalue weighted by atomic mass is 10.1. The van der Waals surface area contributed by atoms with Crippen molar-refractivity contribution in [2.75, 3.05) is 31.1 Å². The van der Waals surface area contributed by atoms with Crippen LogP contribution in [-0.4, -0.2) is 57.6 Å². The standard InChI is InChI=1S/C14H25N5OS.HI/c1-2-15-13(17-11-14(20)5-10-21-12-14)16-6-3-8-19-9-4-7-18-19;/h4,7,9,20H,2-3,5-6,8,10-12H2,1H3,(H2,15,16,17);1H. The van der Waals surface area contributed by atoms with Crippen LogP contribution in [0.4, 0.5) is 0 Å². The van der Waals surface area contributed by atoms with Crippen molar-refractivity contribution < 1.29 is 5.11 Å². The van der Waals surface area contributed by atoms with Crippen molar-refractivity contribution >= 4 is 41.7 Å². The number of aromatic nitrogens is 2. The van der Waals surface area contributed by atoms with Crippen LogP contribution in [0.2, 0.25) is 0 Å². The molecule has 1 saturated heterocycles. The van der Waals surface area contributed by atoms with E-state index in [4.69, 9.17) is 0 Å². The van der Waals surface area contributed by atoms with Crippen LogP contribution in [0.3, 0.4) is 0 Å². The number of aliphatic imine (C=N–C) groups is 1. The maximum atomic E-state index is 10.3. The van der Waals surface area contributed by atoms with Crippen LogP contribution in [0.1, 0.15) is 19.8 Å². The highest BCUT2D eigenvalue weighted by Crippen LogP contribution is 2.27. The molecule has 22 heavy (non-hydrogen) atoms. The molecule has 0 saturated carbocycles. The minimum atomic E-state index is -0.623. The van der Waals surface area contributed by atoms with E-state index in [0.717, 1.165) is 49.9 Å². The first-order valence-corrected chi connectivity index (χ1v) is 8.67. The number of hydrogen-bond acceptors (Lipinski definition) is 4. The lowest BCUT2D eigenvalue weighted by Gasteiger charge is -2.19. The minimum absolute atomic E-state index is 0. The number of hydrogen-bond donors (Lipinski definition) is 3. The second-order valence-electron chi connectivity index (χ2n) is 5.27. The molecule has 6 nitrogen and oxygen atoms in total. The van der Waals surface area contributed by atoms with Crippen LogP contribution >= 0.6 is 35.7 Å². The molecule has 1 aromatic rings. The molecule has 2 heterocycles. The number of nitrogens with zero attached hydrogens (tertiary/aromatic N) is 3. The summed E-state index contributed by atoms with van der Waals surface area (Å²) in [7, 11) is 0. The molecule has 0 amide bonds.